The van der Waals surface area contributed by atoms with E-state index in [1.54, 1.807) is 31.2 Å². The Balaban J connectivity index is 1.85. The molecule has 1 aliphatic heterocycles. The highest BCUT2D eigenvalue weighted by atomic mass is 16.4. The number of amides is 3. The maximum absolute atomic E-state index is 12.4. The molecule has 134 valence electrons. The van der Waals surface area contributed by atoms with Gasteiger partial charge < -0.3 is 20.6 Å². The Morgan fingerprint density at radius 2 is 2.00 bits per heavy atom. The topological polar surface area (TPSA) is 116 Å². The van der Waals surface area contributed by atoms with Crippen molar-refractivity contribution in [3.8, 4) is 0 Å². The second-order valence-corrected chi connectivity index (χ2v) is 6.05. The van der Waals surface area contributed by atoms with Gasteiger partial charge in [-0.05, 0) is 18.1 Å². The van der Waals surface area contributed by atoms with Crippen LogP contribution in [0.4, 0.5) is 11.4 Å². The Kier molecular flexibility index (Phi) is 6.10. The highest BCUT2D eigenvalue weighted by molar-refractivity contribution is 6.10. The fourth-order valence-corrected chi connectivity index (χ4v) is 2.56. The zero-order valence-corrected chi connectivity index (χ0v) is 13.9. The van der Waals surface area contributed by atoms with Crippen LogP contribution >= 0.6 is 0 Å². The third kappa shape index (κ3) is 5.30. The van der Waals surface area contributed by atoms with Crippen LogP contribution in [0, 0.1) is 5.92 Å². The average Bonchev–Trinajstić information content (AvgIpc) is 2.56. The summed E-state index contributed by atoms with van der Waals surface area (Å²) >= 11 is 0. The van der Waals surface area contributed by atoms with E-state index in [0.717, 1.165) is 0 Å². The second kappa shape index (κ2) is 8.27. The van der Waals surface area contributed by atoms with Crippen molar-refractivity contribution in [3.63, 3.8) is 0 Å². The van der Waals surface area contributed by atoms with Crippen LogP contribution in [0.2, 0.25) is 0 Å². The molecular weight excluding hydrogens is 326 g/mol. The summed E-state index contributed by atoms with van der Waals surface area (Å²) < 4.78 is 0. The van der Waals surface area contributed by atoms with Gasteiger partial charge in [-0.3, -0.25) is 19.2 Å². The van der Waals surface area contributed by atoms with E-state index in [9.17, 15) is 19.2 Å². The van der Waals surface area contributed by atoms with E-state index in [4.69, 9.17) is 5.11 Å². The number of carbonyl (C=O) groups is 4. The maximum Gasteiger partial charge on any atom is 0.303 e. The molecule has 0 aliphatic carbocycles. The quantitative estimate of drug-likeness (QED) is 0.680. The molecule has 0 saturated carbocycles. The molecule has 0 saturated heterocycles. The SMILES string of the molecule is CC(CNC(=O)CCC(=O)N1CC(=O)Nc2ccccc21)CC(=O)O. The highest BCUT2D eigenvalue weighted by Gasteiger charge is 2.26. The lowest BCUT2D eigenvalue weighted by molar-refractivity contribution is -0.138. The summed E-state index contributed by atoms with van der Waals surface area (Å²) in [5.74, 6) is -2.01. The molecular formula is C17H21N3O5. The number of carbonyl (C=O) groups excluding carboxylic acids is 3. The maximum atomic E-state index is 12.4. The predicted octanol–water partition coefficient (Wildman–Crippen LogP) is 0.979. The van der Waals surface area contributed by atoms with Crippen LogP contribution in [0.5, 0.6) is 0 Å². The molecule has 0 radical (unpaired) electrons. The molecule has 1 aliphatic rings. The molecule has 3 amide bonds. The fraction of sp³-hybridized carbons (Fsp3) is 0.412. The van der Waals surface area contributed by atoms with Crippen LogP contribution in [0.15, 0.2) is 24.3 Å². The first-order chi connectivity index (χ1) is 11.9. The summed E-state index contributed by atoms with van der Waals surface area (Å²) in [6, 6.07) is 6.98. The van der Waals surface area contributed by atoms with Gasteiger partial charge in [0.25, 0.3) is 0 Å². The van der Waals surface area contributed by atoms with E-state index in [0.29, 0.717) is 11.4 Å². The smallest absolute Gasteiger partial charge is 0.303 e. The summed E-state index contributed by atoms with van der Waals surface area (Å²) in [6.45, 7) is 1.89. The van der Waals surface area contributed by atoms with Crippen LogP contribution in [0.1, 0.15) is 26.2 Å². The van der Waals surface area contributed by atoms with Crippen LogP contribution in [-0.2, 0) is 19.2 Å². The number of para-hydroxylation sites is 2. The van der Waals surface area contributed by atoms with Gasteiger partial charge in [0.1, 0.15) is 6.54 Å². The Morgan fingerprint density at radius 1 is 1.28 bits per heavy atom. The predicted molar refractivity (Wildman–Crippen MR) is 91.1 cm³/mol. The summed E-state index contributed by atoms with van der Waals surface area (Å²) in [5, 5.41) is 14.0. The number of hydrogen-bond donors (Lipinski definition) is 3. The van der Waals surface area contributed by atoms with Crippen LogP contribution in [0.3, 0.4) is 0 Å². The van der Waals surface area contributed by atoms with Gasteiger partial charge in [-0.15, -0.1) is 0 Å². The number of nitrogens with zero attached hydrogens (tertiary/aromatic N) is 1. The summed E-state index contributed by atoms with van der Waals surface area (Å²) in [4.78, 5) is 47.9. The van der Waals surface area contributed by atoms with Gasteiger partial charge in [0.2, 0.25) is 17.7 Å². The van der Waals surface area contributed by atoms with Crippen molar-refractivity contribution in [2.24, 2.45) is 5.92 Å². The first-order valence-electron chi connectivity index (χ1n) is 8.04. The number of aliphatic carboxylic acids is 1. The van der Waals surface area contributed by atoms with Crippen molar-refractivity contribution in [3.05, 3.63) is 24.3 Å². The summed E-state index contributed by atoms with van der Waals surface area (Å²) in [5.41, 5.74) is 1.18. The molecule has 0 spiro atoms. The molecule has 8 heteroatoms. The van der Waals surface area contributed by atoms with Crippen molar-refractivity contribution in [2.45, 2.75) is 26.2 Å². The lowest BCUT2D eigenvalue weighted by Gasteiger charge is -2.29. The number of rotatable bonds is 7. The molecule has 0 bridgehead atoms. The summed E-state index contributed by atoms with van der Waals surface area (Å²) in [6.07, 6.45) is -0.0709. The van der Waals surface area contributed by atoms with Crippen molar-refractivity contribution in [1.82, 2.24) is 5.32 Å². The van der Waals surface area contributed by atoms with Crippen LogP contribution in [-0.4, -0.2) is 41.9 Å². The molecule has 1 heterocycles. The third-order valence-electron chi connectivity index (χ3n) is 3.81. The first-order valence-corrected chi connectivity index (χ1v) is 8.04. The molecule has 8 nitrogen and oxygen atoms in total. The molecule has 1 atom stereocenters. The van der Waals surface area contributed by atoms with E-state index < -0.39 is 5.97 Å². The standard InChI is InChI=1S/C17H21N3O5/c1-11(8-17(24)25)9-18-14(21)6-7-16(23)20-10-15(22)19-12-4-2-3-5-13(12)20/h2-5,11H,6-10H2,1H3,(H,18,21)(H,19,22)(H,24,25). The van der Waals surface area contributed by atoms with Crippen LogP contribution in [0.25, 0.3) is 0 Å². The Labute approximate surface area is 145 Å². The zero-order chi connectivity index (χ0) is 18.4. The average molecular weight is 347 g/mol. The van der Waals surface area contributed by atoms with Gasteiger partial charge in [0, 0.05) is 25.8 Å². The third-order valence-corrected chi connectivity index (χ3v) is 3.81. The van der Waals surface area contributed by atoms with Gasteiger partial charge in [-0.2, -0.15) is 0 Å². The number of benzene rings is 1. The highest BCUT2D eigenvalue weighted by Crippen LogP contribution is 2.29. The van der Waals surface area contributed by atoms with Crippen molar-refractivity contribution in [1.29, 1.82) is 0 Å². The minimum absolute atomic E-state index is 0.0150. The zero-order valence-electron chi connectivity index (χ0n) is 13.9. The Hall–Kier alpha value is -2.90. The summed E-state index contributed by atoms with van der Waals surface area (Å²) in [7, 11) is 0. The van der Waals surface area contributed by atoms with E-state index in [1.165, 1.54) is 4.90 Å². The normalized spacial score (nSPS) is 14.3. The van der Waals surface area contributed by atoms with E-state index in [1.807, 2.05) is 0 Å². The molecule has 0 aromatic heterocycles. The largest absolute Gasteiger partial charge is 0.481 e. The first kappa shape index (κ1) is 18.4. The van der Waals surface area contributed by atoms with Gasteiger partial charge in [-0.1, -0.05) is 19.1 Å². The van der Waals surface area contributed by atoms with Gasteiger partial charge >= 0.3 is 5.97 Å². The van der Waals surface area contributed by atoms with Gasteiger partial charge in [-0.25, -0.2) is 0 Å². The lowest BCUT2D eigenvalue weighted by atomic mass is 10.1. The monoisotopic (exact) mass is 347 g/mol. The Bertz CT molecular complexity index is 689. The molecule has 3 N–H and O–H groups in total. The fourth-order valence-electron chi connectivity index (χ4n) is 2.56. The Morgan fingerprint density at radius 3 is 2.72 bits per heavy atom. The molecule has 25 heavy (non-hydrogen) atoms. The van der Waals surface area contributed by atoms with Crippen molar-refractivity contribution < 1.29 is 24.3 Å². The number of carboxylic acids is 1. The van der Waals surface area contributed by atoms with E-state index >= 15 is 0 Å². The molecule has 0 fully saturated rings. The molecule has 2 rings (SSSR count). The van der Waals surface area contributed by atoms with Crippen molar-refractivity contribution in [2.75, 3.05) is 23.3 Å². The number of fused-ring (bicyclic) bond motifs is 1. The number of anilines is 2. The minimum Gasteiger partial charge on any atom is -0.481 e. The molecule has 1 aromatic rings. The molecule has 1 aromatic carbocycles. The molecule has 1 unspecified atom stereocenters. The number of hydrogen-bond acceptors (Lipinski definition) is 4. The van der Waals surface area contributed by atoms with Gasteiger partial charge in [0.15, 0.2) is 0 Å². The van der Waals surface area contributed by atoms with E-state index in [-0.39, 0.29) is 56.0 Å². The lowest BCUT2D eigenvalue weighted by Crippen LogP contribution is -2.42. The number of carboxylic acid groups (broad SMARTS) is 1. The van der Waals surface area contributed by atoms with Crippen molar-refractivity contribution >= 4 is 35.1 Å². The minimum atomic E-state index is -0.918. The van der Waals surface area contributed by atoms with Gasteiger partial charge in [0.05, 0.1) is 11.4 Å². The van der Waals surface area contributed by atoms with Crippen LogP contribution < -0.4 is 15.5 Å². The second-order valence-electron chi connectivity index (χ2n) is 6.05. The van der Waals surface area contributed by atoms with E-state index in [2.05, 4.69) is 10.6 Å². The number of nitrogens with one attached hydrogen (secondary N) is 2.